The van der Waals surface area contributed by atoms with Gasteiger partial charge in [-0.05, 0) is 36.5 Å². The van der Waals surface area contributed by atoms with Crippen LogP contribution in [-0.2, 0) is 11.0 Å². The molecule has 2 aliphatic heterocycles. The zero-order chi connectivity index (χ0) is 20.8. The molecule has 0 unspecified atom stereocenters. The summed E-state index contributed by atoms with van der Waals surface area (Å²) in [6.45, 7) is 3.83. The van der Waals surface area contributed by atoms with Crippen molar-refractivity contribution in [3.8, 4) is 0 Å². The second-order valence-electron chi connectivity index (χ2n) is 7.77. The van der Waals surface area contributed by atoms with Gasteiger partial charge in [-0.3, -0.25) is 4.79 Å². The van der Waals surface area contributed by atoms with Crippen molar-refractivity contribution in [1.29, 1.82) is 0 Å². The lowest BCUT2D eigenvalue weighted by Crippen LogP contribution is -2.35. The number of hydrogen-bond donors (Lipinski definition) is 2. The van der Waals surface area contributed by atoms with Gasteiger partial charge in [0.05, 0.1) is 5.56 Å². The molecule has 0 spiro atoms. The van der Waals surface area contributed by atoms with Crippen molar-refractivity contribution >= 4 is 23.5 Å². The third kappa shape index (κ3) is 3.86. The van der Waals surface area contributed by atoms with Crippen LogP contribution in [0.5, 0.6) is 0 Å². The average molecular weight is 405 g/mol. The number of nitrogens with two attached hydrogens (primary N) is 1. The Bertz CT molecular complexity index is 921. The summed E-state index contributed by atoms with van der Waals surface area (Å²) in [6.07, 6.45) is -2.28. The Morgan fingerprint density at radius 2 is 1.79 bits per heavy atom. The van der Waals surface area contributed by atoms with Gasteiger partial charge in [0, 0.05) is 31.0 Å². The quantitative estimate of drug-likeness (QED) is 0.794. The van der Waals surface area contributed by atoms with Crippen molar-refractivity contribution in [3.05, 3.63) is 41.0 Å². The van der Waals surface area contributed by atoms with Gasteiger partial charge < -0.3 is 16.0 Å². The summed E-state index contributed by atoms with van der Waals surface area (Å²) < 4.78 is 38.6. The largest absolute Gasteiger partial charge is 0.416 e. The molecule has 3 N–H and O–H groups in total. The van der Waals surface area contributed by atoms with Gasteiger partial charge in [-0.25, -0.2) is 0 Å². The highest BCUT2D eigenvalue weighted by Crippen LogP contribution is 2.41. The van der Waals surface area contributed by atoms with E-state index in [1.807, 2.05) is 4.90 Å². The maximum atomic E-state index is 12.9. The Hall–Kier alpha value is -2.84. The number of hydrogen-bond acceptors (Lipinski definition) is 5. The maximum absolute atomic E-state index is 12.9. The zero-order valence-electron chi connectivity index (χ0n) is 16.0. The van der Waals surface area contributed by atoms with E-state index in [9.17, 15) is 18.0 Å². The molecule has 1 aromatic carbocycles. The summed E-state index contributed by atoms with van der Waals surface area (Å²) in [6, 6.07) is 4.80. The van der Waals surface area contributed by atoms with Gasteiger partial charge in [-0.2, -0.15) is 23.1 Å². The Labute approximate surface area is 166 Å². The summed E-state index contributed by atoms with van der Waals surface area (Å²) in [4.78, 5) is 23.3. The number of amides is 1. The molecular formula is C20H22F3N5O. The van der Waals surface area contributed by atoms with Crippen LogP contribution in [0.1, 0.15) is 48.8 Å². The molecule has 9 heteroatoms. The maximum Gasteiger partial charge on any atom is 0.416 e. The molecule has 6 nitrogen and oxygen atoms in total. The van der Waals surface area contributed by atoms with Crippen LogP contribution in [0, 0.1) is 5.92 Å². The van der Waals surface area contributed by atoms with E-state index in [-0.39, 0.29) is 18.1 Å². The van der Waals surface area contributed by atoms with Crippen LogP contribution in [0.4, 0.5) is 30.8 Å². The molecule has 154 valence electrons. The van der Waals surface area contributed by atoms with Gasteiger partial charge in [0.15, 0.2) is 0 Å². The van der Waals surface area contributed by atoms with Crippen molar-refractivity contribution in [2.24, 2.45) is 5.92 Å². The Morgan fingerprint density at radius 1 is 1.14 bits per heavy atom. The highest BCUT2D eigenvalue weighted by molar-refractivity contribution is 5.95. The molecule has 0 radical (unpaired) electrons. The Morgan fingerprint density at radius 3 is 2.41 bits per heavy atom. The normalized spacial score (nSPS) is 20.3. The van der Waals surface area contributed by atoms with E-state index >= 15 is 0 Å². The van der Waals surface area contributed by atoms with Crippen LogP contribution in [0.25, 0.3) is 0 Å². The van der Waals surface area contributed by atoms with Gasteiger partial charge in [0.2, 0.25) is 11.9 Å². The SMILES string of the molecule is CC1CCN(c2nc(N)c3c(n2)NC(=O)C[C@@H]3c2ccc(C(F)(F)F)cc2)CC1. The van der Waals surface area contributed by atoms with Crippen molar-refractivity contribution in [2.45, 2.75) is 38.3 Å². The van der Waals surface area contributed by atoms with Crippen LogP contribution >= 0.6 is 0 Å². The number of carbonyl (C=O) groups excluding carboxylic acids is 1. The fourth-order valence-electron chi connectivity index (χ4n) is 3.92. The average Bonchev–Trinajstić information content (AvgIpc) is 2.67. The smallest absolute Gasteiger partial charge is 0.383 e. The second-order valence-corrected chi connectivity index (χ2v) is 7.77. The van der Waals surface area contributed by atoms with E-state index in [4.69, 9.17) is 5.73 Å². The van der Waals surface area contributed by atoms with E-state index in [1.54, 1.807) is 0 Å². The monoisotopic (exact) mass is 405 g/mol. The lowest BCUT2D eigenvalue weighted by atomic mass is 9.86. The number of halogens is 3. The molecule has 0 aliphatic carbocycles. The number of nitrogens with zero attached hydrogens (tertiary/aromatic N) is 3. The molecule has 29 heavy (non-hydrogen) atoms. The third-order valence-corrected chi connectivity index (χ3v) is 5.67. The molecule has 3 heterocycles. The predicted molar refractivity (Wildman–Crippen MR) is 104 cm³/mol. The van der Waals surface area contributed by atoms with Crippen LogP contribution in [0.2, 0.25) is 0 Å². The number of anilines is 3. The molecule has 2 aliphatic rings. The minimum Gasteiger partial charge on any atom is -0.383 e. The fourth-order valence-corrected chi connectivity index (χ4v) is 3.92. The number of rotatable bonds is 2. The molecule has 2 aromatic rings. The third-order valence-electron chi connectivity index (χ3n) is 5.67. The minimum atomic E-state index is -4.41. The lowest BCUT2D eigenvalue weighted by molar-refractivity contribution is -0.137. The lowest BCUT2D eigenvalue weighted by Gasteiger charge is -2.32. The van der Waals surface area contributed by atoms with Crippen molar-refractivity contribution in [2.75, 3.05) is 29.0 Å². The summed E-state index contributed by atoms with van der Waals surface area (Å²) in [7, 11) is 0. The Kier molecular flexibility index (Phi) is 4.84. The first kappa shape index (κ1) is 19.5. The summed E-state index contributed by atoms with van der Waals surface area (Å²) in [5.41, 5.74) is 6.63. The van der Waals surface area contributed by atoms with Crippen LogP contribution in [-0.4, -0.2) is 29.0 Å². The highest BCUT2D eigenvalue weighted by Gasteiger charge is 2.34. The van der Waals surface area contributed by atoms with E-state index in [2.05, 4.69) is 22.2 Å². The van der Waals surface area contributed by atoms with Crippen molar-refractivity contribution in [1.82, 2.24) is 9.97 Å². The number of alkyl halides is 3. The Balaban J connectivity index is 1.69. The van der Waals surface area contributed by atoms with Gasteiger partial charge in [0.25, 0.3) is 0 Å². The highest BCUT2D eigenvalue weighted by atomic mass is 19.4. The zero-order valence-corrected chi connectivity index (χ0v) is 16.0. The van der Waals surface area contributed by atoms with Gasteiger partial charge in [-0.1, -0.05) is 19.1 Å². The topological polar surface area (TPSA) is 84.1 Å². The summed E-state index contributed by atoms with van der Waals surface area (Å²) in [5.74, 6) is 0.961. The van der Waals surface area contributed by atoms with Crippen molar-refractivity contribution < 1.29 is 18.0 Å². The molecule has 1 amide bonds. The molecule has 0 bridgehead atoms. The number of nitrogens with one attached hydrogen (secondary N) is 1. The van der Waals surface area contributed by atoms with E-state index < -0.39 is 17.7 Å². The fraction of sp³-hybridized carbons (Fsp3) is 0.450. The molecule has 1 saturated heterocycles. The first-order valence-electron chi connectivity index (χ1n) is 9.61. The molecule has 1 atom stereocenters. The first-order chi connectivity index (χ1) is 13.7. The number of carbonyl (C=O) groups is 1. The van der Waals surface area contributed by atoms with Crippen LogP contribution < -0.4 is 16.0 Å². The van der Waals surface area contributed by atoms with Crippen LogP contribution in [0.3, 0.4) is 0 Å². The van der Waals surface area contributed by atoms with E-state index in [1.165, 1.54) is 12.1 Å². The van der Waals surface area contributed by atoms with Gasteiger partial charge in [-0.15, -0.1) is 0 Å². The van der Waals surface area contributed by atoms with Crippen molar-refractivity contribution in [3.63, 3.8) is 0 Å². The van der Waals surface area contributed by atoms with E-state index in [0.717, 1.165) is 38.1 Å². The number of aromatic nitrogens is 2. The molecule has 4 rings (SSSR count). The summed E-state index contributed by atoms with van der Waals surface area (Å²) >= 11 is 0. The number of fused-ring (bicyclic) bond motifs is 1. The molecule has 1 aromatic heterocycles. The van der Waals surface area contributed by atoms with Crippen LogP contribution in [0.15, 0.2) is 24.3 Å². The first-order valence-corrected chi connectivity index (χ1v) is 9.61. The predicted octanol–water partition coefficient (Wildman–Crippen LogP) is 3.79. The molecule has 1 fully saturated rings. The van der Waals surface area contributed by atoms with Gasteiger partial charge in [0.1, 0.15) is 11.6 Å². The number of piperidine rings is 1. The minimum absolute atomic E-state index is 0.0759. The van der Waals surface area contributed by atoms with Gasteiger partial charge >= 0.3 is 6.18 Å². The number of nitrogen functional groups attached to an aromatic ring is 1. The second kappa shape index (κ2) is 7.20. The summed E-state index contributed by atoms with van der Waals surface area (Å²) in [5, 5.41) is 2.75. The van der Waals surface area contributed by atoms with E-state index in [0.29, 0.717) is 28.8 Å². The molecular weight excluding hydrogens is 383 g/mol. The standard InChI is InChI=1S/C20H22F3N5O/c1-11-6-8-28(9-7-11)19-26-17(24)16-14(10-15(29)25-18(16)27-19)12-2-4-13(5-3-12)20(21,22)23/h2-5,11,14H,6-10H2,1H3,(H3,24,25,26,27,29)/t14-/m1/s1. The molecule has 0 saturated carbocycles. The number of benzene rings is 1.